The summed E-state index contributed by atoms with van der Waals surface area (Å²) in [6.07, 6.45) is 7.17. The second kappa shape index (κ2) is 15.0. The lowest BCUT2D eigenvalue weighted by Crippen LogP contribution is -2.26. The molecule has 3 aromatic rings. The third-order valence-corrected chi connectivity index (χ3v) is 10.8. The van der Waals surface area contributed by atoms with Crippen molar-refractivity contribution in [2.45, 2.75) is 75.4 Å². The maximum atomic E-state index is 12.9. The Kier molecular flexibility index (Phi) is 12.0. The molecule has 3 heterocycles. The first-order valence-corrected chi connectivity index (χ1v) is 18.2. The third kappa shape index (κ3) is 9.11. The number of nitrogens with zero attached hydrogens (tertiary/aromatic N) is 8. The second-order valence-electron chi connectivity index (χ2n) is 12.1. The van der Waals surface area contributed by atoms with Crippen molar-refractivity contribution in [2.24, 2.45) is 4.52 Å². The number of aliphatic hydroxyl groups is 2. The van der Waals surface area contributed by atoms with Gasteiger partial charge in [0.2, 0.25) is 11.8 Å². The van der Waals surface area contributed by atoms with E-state index in [0.29, 0.717) is 41.4 Å². The summed E-state index contributed by atoms with van der Waals surface area (Å²) in [6, 6.07) is 5.70. The van der Waals surface area contributed by atoms with Gasteiger partial charge in [0, 0.05) is 47.7 Å². The molecular formula is C30H34Cl2N8O8S2. The molecule has 0 atom stereocenters. The molecule has 50 heavy (non-hydrogen) atoms. The van der Waals surface area contributed by atoms with Crippen LogP contribution >= 0.6 is 23.2 Å². The molecule has 2 amide bonds. The summed E-state index contributed by atoms with van der Waals surface area (Å²) in [7, 11) is -8.29. The molecule has 16 nitrogen and oxygen atoms in total. The first-order chi connectivity index (χ1) is 22.9. The van der Waals surface area contributed by atoms with Gasteiger partial charge in [0.15, 0.2) is 0 Å². The number of aromatic nitrogens is 3. The number of fused-ring (bicyclic) bond motifs is 2. The molecule has 0 saturated heterocycles. The Morgan fingerprint density at radius 2 is 1.36 bits per heavy atom. The average molecular weight is 770 g/mol. The Morgan fingerprint density at radius 3 is 1.74 bits per heavy atom. The molecule has 268 valence electrons. The number of carbonyl (C=O) groups is 2. The molecule has 2 aromatic carbocycles. The number of terminal acetylenes is 1. The summed E-state index contributed by atoms with van der Waals surface area (Å²) in [6.45, 7) is 9.85. The topological polar surface area (TPSA) is 229 Å². The number of rotatable bonds is 5. The van der Waals surface area contributed by atoms with Gasteiger partial charge in [0.05, 0.1) is 21.1 Å². The van der Waals surface area contributed by atoms with Crippen LogP contribution in [0.5, 0.6) is 0 Å². The van der Waals surface area contributed by atoms with Crippen LogP contribution in [0.2, 0.25) is 10.0 Å². The van der Waals surface area contributed by atoms with E-state index < -0.39 is 31.2 Å². The zero-order valence-electron chi connectivity index (χ0n) is 27.8. The van der Waals surface area contributed by atoms with E-state index in [-0.39, 0.29) is 37.3 Å². The summed E-state index contributed by atoms with van der Waals surface area (Å²) in [4.78, 5) is 27.9. The average Bonchev–Trinajstić information content (AvgIpc) is 3.74. The highest BCUT2D eigenvalue weighted by molar-refractivity contribution is 7.90. The number of amides is 2. The number of anilines is 2. The molecule has 0 saturated carbocycles. The minimum Gasteiger partial charge on any atom is -0.384 e. The standard InChI is InChI=1S/C15H17ClN4O4S.C10H9ClN4O3S.C5H8O/c1-9(21)19-5-4-10-6-11(16)13(7-12(10)19)25(23,24)20-8-14(17-18-20)15(2,3)22;1-6(16)15-3-2-7-4-8(11)10(5-9(7)15)19(17,18)14-13-12;1-4-5(2,3)6/h6-8,22H,4-5H2,1-3H3;4-5H,2-3H2,1H3;1,6H,2-3H3. The normalized spacial score (nSPS) is 13.9. The molecule has 0 spiro atoms. The van der Waals surface area contributed by atoms with E-state index in [2.05, 4.69) is 25.7 Å². The summed E-state index contributed by atoms with van der Waals surface area (Å²) >= 11 is 12.1. The molecular weight excluding hydrogens is 735 g/mol. The largest absolute Gasteiger partial charge is 0.384 e. The van der Waals surface area contributed by atoms with Gasteiger partial charge in [-0.2, -0.15) is 8.42 Å². The molecule has 20 heteroatoms. The van der Waals surface area contributed by atoms with Gasteiger partial charge in [-0.25, -0.2) is 8.42 Å². The number of carbonyl (C=O) groups excluding carboxylic acids is 2. The molecule has 2 aliphatic rings. The van der Waals surface area contributed by atoms with Crippen LogP contribution in [-0.4, -0.2) is 72.0 Å². The molecule has 0 aliphatic carbocycles. The first-order valence-electron chi connectivity index (χ1n) is 14.6. The predicted molar refractivity (Wildman–Crippen MR) is 186 cm³/mol. The lowest BCUT2D eigenvalue weighted by molar-refractivity contribution is -0.117. The minimum atomic E-state index is -4.17. The number of hydrogen-bond donors (Lipinski definition) is 2. The number of benzene rings is 2. The van der Waals surface area contributed by atoms with Gasteiger partial charge in [-0.15, -0.1) is 15.6 Å². The zero-order valence-corrected chi connectivity index (χ0v) is 30.9. The van der Waals surface area contributed by atoms with E-state index in [1.807, 2.05) is 0 Å². The number of sulfonamides is 1. The Hall–Kier alpha value is -4.21. The van der Waals surface area contributed by atoms with Gasteiger partial charge in [-0.1, -0.05) is 34.3 Å². The van der Waals surface area contributed by atoms with Crippen LogP contribution in [0.15, 0.2) is 44.8 Å². The number of azide groups is 1. The summed E-state index contributed by atoms with van der Waals surface area (Å²) in [5, 5.41) is 25.9. The highest BCUT2D eigenvalue weighted by Gasteiger charge is 2.31. The lowest BCUT2D eigenvalue weighted by Gasteiger charge is -2.16. The van der Waals surface area contributed by atoms with Gasteiger partial charge < -0.3 is 20.0 Å². The Morgan fingerprint density at radius 1 is 0.920 bits per heavy atom. The quantitative estimate of drug-likeness (QED) is 0.164. The van der Waals surface area contributed by atoms with Crippen LogP contribution in [0.4, 0.5) is 11.4 Å². The summed E-state index contributed by atoms with van der Waals surface area (Å²) in [5.74, 6) is 1.80. The number of hydrogen-bond acceptors (Lipinski definition) is 10. The predicted octanol–water partition coefficient (Wildman–Crippen LogP) is 3.94. The summed E-state index contributed by atoms with van der Waals surface area (Å²) in [5.41, 5.74) is 8.73. The van der Waals surface area contributed by atoms with Crippen LogP contribution in [-0.2, 0) is 48.1 Å². The maximum absolute atomic E-state index is 12.9. The van der Waals surface area contributed by atoms with Gasteiger partial charge in [-0.05, 0) is 81.5 Å². The molecule has 0 radical (unpaired) electrons. The van der Waals surface area contributed by atoms with E-state index in [1.165, 1.54) is 55.7 Å². The molecule has 1 aromatic heterocycles. The molecule has 0 bridgehead atoms. The fourth-order valence-corrected chi connectivity index (χ4v) is 7.51. The SMILES string of the molecule is C#CC(C)(C)O.CC(=O)N1CCc2cc(Cl)c(S(=O)(=O)N=[N+]=[N-])cc21.CC(=O)N1CCc2cc(Cl)c(S(=O)(=O)n3cc(C(C)(C)O)nn3)cc21. The molecule has 0 unspecified atom stereocenters. The Labute approximate surface area is 299 Å². The van der Waals surface area contributed by atoms with Gasteiger partial charge in [0.1, 0.15) is 21.8 Å². The van der Waals surface area contributed by atoms with Crippen molar-refractivity contribution in [1.29, 1.82) is 0 Å². The zero-order chi connectivity index (χ0) is 38.0. The van der Waals surface area contributed by atoms with Crippen molar-refractivity contribution in [2.75, 3.05) is 22.9 Å². The van der Waals surface area contributed by atoms with E-state index >= 15 is 0 Å². The molecule has 2 aliphatic heterocycles. The fourth-order valence-electron chi connectivity index (χ4n) is 4.66. The first kappa shape index (κ1) is 40.2. The van der Waals surface area contributed by atoms with Crippen molar-refractivity contribution in [3.05, 3.63) is 67.8 Å². The Balaban J connectivity index is 0.000000239. The monoisotopic (exact) mass is 768 g/mol. The van der Waals surface area contributed by atoms with Crippen molar-refractivity contribution >= 4 is 66.4 Å². The molecule has 0 fully saturated rings. The van der Waals surface area contributed by atoms with Crippen LogP contribution in [0.1, 0.15) is 58.4 Å². The maximum Gasteiger partial charge on any atom is 0.285 e. The van der Waals surface area contributed by atoms with Crippen molar-refractivity contribution < 1.29 is 36.6 Å². The molecule has 2 N–H and O–H groups in total. The van der Waals surface area contributed by atoms with Crippen LogP contribution < -0.4 is 9.80 Å². The second-order valence-corrected chi connectivity index (χ2v) is 16.2. The minimum absolute atomic E-state index is 0.0171. The van der Waals surface area contributed by atoms with Crippen LogP contribution in [0, 0.1) is 12.3 Å². The van der Waals surface area contributed by atoms with Gasteiger partial charge in [-0.3, -0.25) is 9.59 Å². The lowest BCUT2D eigenvalue weighted by atomic mass is 10.1. The Bertz CT molecular complexity index is 2150. The van der Waals surface area contributed by atoms with Crippen molar-refractivity contribution in [1.82, 2.24) is 14.4 Å². The molecule has 5 rings (SSSR count). The fraction of sp³-hybridized carbons (Fsp3) is 0.400. The highest BCUT2D eigenvalue weighted by Crippen LogP contribution is 2.37. The number of halogens is 2. The van der Waals surface area contributed by atoms with Crippen molar-refractivity contribution in [3.63, 3.8) is 0 Å². The van der Waals surface area contributed by atoms with Crippen molar-refractivity contribution in [3.8, 4) is 12.3 Å². The van der Waals surface area contributed by atoms with Crippen LogP contribution in [0.3, 0.4) is 0 Å². The van der Waals surface area contributed by atoms with E-state index in [0.717, 1.165) is 17.3 Å². The van der Waals surface area contributed by atoms with E-state index in [9.17, 15) is 31.5 Å². The van der Waals surface area contributed by atoms with Gasteiger partial charge >= 0.3 is 0 Å². The van der Waals surface area contributed by atoms with E-state index in [1.54, 1.807) is 19.9 Å². The van der Waals surface area contributed by atoms with Gasteiger partial charge in [0.25, 0.3) is 20.0 Å². The van der Waals surface area contributed by atoms with Crippen LogP contribution in [0.25, 0.3) is 10.4 Å². The third-order valence-electron chi connectivity index (χ3n) is 7.22. The smallest absolute Gasteiger partial charge is 0.285 e. The highest BCUT2D eigenvalue weighted by atomic mass is 35.5. The summed E-state index contributed by atoms with van der Waals surface area (Å²) < 4.78 is 52.6. The van der Waals surface area contributed by atoms with E-state index in [4.69, 9.17) is 40.3 Å².